The SMILES string of the molecule is CN1CCC(NC(=O)c2nc(Cl)c(-n3nccn3)nc2N)c2ccccc21. The van der Waals surface area contributed by atoms with E-state index in [-0.39, 0.29) is 28.5 Å². The Morgan fingerprint density at radius 3 is 2.78 bits per heavy atom. The van der Waals surface area contributed by atoms with E-state index in [9.17, 15) is 4.79 Å². The van der Waals surface area contributed by atoms with Crippen LogP contribution in [0.2, 0.25) is 5.15 Å². The number of nitrogen functional groups attached to an aromatic ring is 1. The lowest BCUT2D eigenvalue weighted by Gasteiger charge is -2.33. The van der Waals surface area contributed by atoms with Crippen molar-refractivity contribution in [1.82, 2.24) is 30.3 Å². The van der Waals surface area contributed by atoms with E-state index < -0.39 is 5.91 Å². The van der Waals surface area contributed by atoms with Gasteiger partial charge in [-0.2, -0.15) is 10.2 Å². The minimum atomic E-state index is -0.425. The van der Waals surface area contributed by atoms with Crippen molar-refractivity contribution in [2.75, 3.05) is 24.2 Å². The molecule has 4 rings (SSSR count). The number of nitrogens with two attached hydrogens (primary N) is 1. The molecule has 0 spiro atoms. The van der Waals surface area contributed by atoms with Crippen molar-refractivity contribution in [3.63, 3.8) is 0 Å². The molecule has 3 N–H and O–H groups in total. The minimum absolute atomic E-state index is 0.00525. The number of rotatable bonds is 3. The summed E-state index contributed by atoms with van der Waals surface area (Å²) in [7, 11) is 2.03. The molecule has 0 saturated heterocycles. The third-order valence-corrected chi connectivity index (χ3v) is 4.72. The van der Waals surface area contributed by atoms with E-state index in [0.717, 1.165) is 24.2 Å². The third-order valence-electron chi connectivity index (χ3n) is 4.47. The average molecular weight is 385 g/mol. The van der Waals surface area contributed by atoms with Crippen LogP contribution in [0, 0.1) is 0 Å². The number of benzene rings is 1. The van der Waals surface area contributed by atoms with Crippen LogP contribution in [0.1, 0.15) is 28.5 Å². The highest BCUT2D eigenvalue weighted by Crippen LogP contribution is 2.33. The Kier molecular flexibility index (Phi) is 4.36. The maximum Gasteiger partial charge on any atom is 0.274 e. The molecule has 1 aliphatic rings. The number of hydrogen-bond acceptors (Lipinski definition) is 7. The van der Waals surface area contributed by atoms with Crippen LogP contribution in [0.15, 0.2) is 36.7 Å². The molecule has 9 nitrogen and oxygen atoms in total. The quantitative estimate of drug-likeness (QED) is 0.704. The summed E-state index contributed by atoms with van der Waals surface area (Å²) in [5.41, 5.74) is 8.07. The fourth-order valence-corrected chi connectivity index (χ4v) is 3.35. The second kappa shape index (κ2) is 6.84. The van der Waals surface area contributed by atoms with Crippen LogP contribution in [0.3, 0.4) is 0 Å². The lowest BCUT2D eigenvalue weighted by molar-refractivity contribution is 0.0930. The van der Waals surface area contributed by atoms with Gasteiger partial charge < -0.3 is 16.0 Å². The zero-order valence-electron chi connectivity index (χ0n) is 14.5. The molecular weight excluding hydrogens is 368 g/mol. The van der Waals surface area contributed by atoms with Gasteiger partial charge in [-0.3, -0.25) is 4.79 Å². The molecule has 0 bridgehead atoms. The van der Waals surface area contributed by atoms with Gasteiger partial charge in [-0.05, 0) is 18.1 Å². The zero-order valence-corrected chi connectivity index (χ0v) is 15.3. The molecule has 138 valence electrons. The molecule has 0 aliphatic carbocycles. The highest BCUT2D eigenvalue weighted by atomic mass is 35.5. The summed E-state index contributed by atoms with van der Waals surface area (Å²) in [6, 6.07) is 7.82. The Labute approximate surface area is 160 Å². The number of aromatic nitrogens is 5. The van der Waals surface area contributed by atoms with Crippen molar-refractivity contribution in [3.05, 3.63) is 53.1 Å². The summed E-state index contributed by atoms with van der Waals surface area (Å²) in [6.07, 6.45) is 3.73. The van der Waals surface area contributed by atoms with E-state index in [0.29, 0.717) is 0 Å². The Balaban J connectivity index is 1.61. The summed E-state index contributed by atoms with van der Waals surface area (Å²) in [4.78, 5) is 24.4. The first-order valence-electron chi connectivity index (χ1n) is 8.35. The lowest BCUT2D eigenvalue weighted by Crippen LogP contribution is -2.37. The normalized spacial score (nSPS) is 16.1. The van der Waals surface area contributed by atoms with Gasteiger partial charge in [0.25, 0.3) is 5.91 Å². The number of nitrogens with zero attached hydrogens (tertiary/aromatic N) is 6. The second-order valence-electron chi connectivity index (χ2n) is 6.19. The molecule has 0 saturated carbocycles. The standard InChI is InChI=1S/C17H17ClN8O/c1-25-9-6-11(10-4-2-3-5-12(10)25)22-17(27)13-15(19)24-16(14(18)23-13)26-20-7-8-21-26/h2-5,7-8,11H,6,9H2,1H3,(H2,19,24)(H,22,27). The Morgan fingerprint density at radius 1 is 1.26 bits per heavy atom. The number of amides is 1. The molecule has 0 fully saturated rings. The van der Waals surface area contributed by atoms with Crippen LogP contribution in [-0.4, -0.2) is 44.5 Å². The number of carbonyl (C=O) groups excluding carboxylic acids is 1. The molecule has 1 unspecified atom stereocenters. The number of anilines is 2. The third kappa shape index (κ3) is 3.17. The van der Waals surface area contributed by atoms with Crippen molar-refractivity contribution in [1.29, 1.82) is 0 Å². The van der Waals surface area contributed by atoms with Gasteiger partial charge in [-0.1, -0.05) is 29.8 Å². The van der Waals surface area contributed by atoms with Gasteiger partial charge in [0.2, 0.25) is 5.82 Å². The summed E-state index contributed by atoms with van der Waals surface area (Å²) in [5, 5.41) is 10.9. The van der Waals surface area contributed by atoms with Crippen molar-refractivity contribution in [3.8, 4) is 5.82 Å². The number of hydrogen-bond donors (Lipinski definition) is 2. The van der Waals surface area contributed by atoms with Gasteiger partial charge in [0.15, 0.2) is 16.7 Å². The lowest BCUT2D eigenvalue weighted by atomic mass is 9.96. The monoisotopic (exact) mass is 384 g/mol. The fourth-order valence-electron chi connectivity index (χ4n) is 3.14. The van der Waals surface area contributed by atoms with Gasteiger partial charge in [-0.25, -0.2) is 9.97 Å². The Morgan fingerprint density at radius 2 is 2.00 bits per heavy atom. The van der Waals surface area contributed by atoms with Crippen LogP contribution in [-0.2, 0) is 0 Å². The molecule has 27 heavy (non-hydrogen) atoms. The van der Waals surface area contributed by atoms with Crippen LogP contribution in [0.5, 0.6) is 0 Å². The summed E-state index contributed by atoms with van der Waals surface area (Å²) < 4.78 is 0. The van der Waals surface area contributed by atoms with Crippen LogP contribution >= 0.6 is 11.6 Å². The molecule has 3 heterocycles. The average Bonchev–Trinajstić information content (AvgIpc) is 3.20. The number of fused-ring (bicyclic) bond motifs is 1. The van der Waals surface area contributed by atoms with E-state index in [4.69, 9.17) is 17.3 Å². The molecule has 1 atom stereocenters. The number of halogens is 1. The first kappa shape index (κ1) is 17.2. The van der Waals surface area contributed by atoms with Gasteiger partial charge in [0.1, 0.15) is 0 Å². The van der Waals surface area contributed by atoms with Gasteiger partial charge in [0, 0.05) is 19.3 Å². The Hall–Kier alpha value is -3.20. The first-order chi connectivity index (χ1) is 13.0. The largest absolute Gasteiger partial charge is 0.382 e. The minimum Gasteiger partial charge on any atom is -0.382 e. The summed E-state index contributed by atoms with van der Waals surface area (Å²) >= 11 is 6.16. The zero-order chi connectivity index (χ0) is 19.0. The van der Waals surface area contributed by atoms with E-state index in [1.165, 1.54) is 17.2 Å². The first-order valence-corrected chi connectivity index (χ1v) is 8.73. The van der Waals surface area contributed by atoms with E-state index in [2.05, 4.69) is 30.4 Å². The smallest absolute Gasteiger partial charge is 0.274 e. The van der Waals surface area contributed by atoms with Gasteiger partial charge in [0.05, 0.1) is 18.4 Å². The van der Waals surface area contributed by atoms with Gasteiger partial charge >= 0.3 is 0 Å². The molecular formula is C17H17ClN8O. The van der Waals surface area contributed by atoms with Gasteiger partial charge in [-0.15, -0.1) is 4.80 Å². The van der Waals surface area contributed by atoms with Crippen LogP contribution in [0.4, 0.5) is 11.5 Å². The predicted molar refractivity (Wildman–Crippen MR) is 101 cm³/mol. The summed E-state index contributed by atoms with van der Waals surface area (Å²) in [5.74, 6) is -0.294. The molecule has 1 aromatic carbocycles. The second-order valence-corrected chi connectivity index (χ2v) is 6.54. The van der Waals surface area contributed by atoms with Crippen molar-refractivity contribution >= 4 is 29.0 Å². The molecule has 1 aliphatic heterocycles. The van der Waals surface area contributed by atoms with E-state index >= 15 is 0 Å². The van der Waals surface area contributed by atoms with Crippen molar-refractivity contribution in [2.24, 2.45) is 0 Å². The molecule has 2 aromatic heterocycles. The number of para-hydroxylation sites is 1. The number of carbonyl (C=O) groups is 1. The van der Waals surface area contributed by atoms with Crippen molar-refractivity contribution < 1.29 is 4.79 Å². The predicted octanol–water partition coefficient (Wildman–Crippen LogP) is 1.60. The molecule has 0 radical (unpaired) electrons. The summed E-state index contributed by atoms with van der Waals surface area (Å²) in [6.45, 7) is 0.827. The number of nitrogens with one attached hydrogen (secondary N) is 1. The topological polar surface area (TPSA) is 115 Å². The highest BCUT2D eigenvalue weighted by Gasteiger charge is 2.26. The van der Waals surface area contributed by atoms with Crippen LogP contribution in [0.25, 0.3) is 5.82 Å². The van der Waals surface area contributed by atoms with E-state index in [1.807, 2.05) is 31.3 Å². The highest BCUT2D eigenvalue weighted by molar-refractivity contribution is 6.31. The van der Waals surface area contributed by atoms with E-state index in [1.54, 1.807) is 0 Å². The maximum atomic E-state index is 12.8. The molecule has 1 amide bonds. The molecule has 3 aromatic rings. The Bertz CT molecular complexity index is 991. The molecule has 10 heteroatoms. The van der Waals surface area contributed by atoms with Crippen molar-refractivity contribution in [2.45, 2.75) is 12.5 Å². The van der Waals surface area contributed by atoms with Crippen LogP contribution < -0.4 is 16.0 Å². The fraction of sp³-hybridized carbons (Fsp3) is 0.235. The maximum absolute atomic E-state index is 12.8.